The fourth-order valence-electron chi connectivity index (χ4n) is 4.71. The van der Waals surface area contributed by atoms with Crippen LogP contribution in [0.5, 0.6) is 0 Å². The summed E-state index contributed by atoms with van der Waals surface area (Å²) in [6, 6.07) is 22.9. The number of halogens is 1. The van der Waals surface area contributed by atoms with E-state index in [0.717, 1.165) is 27.8 Å². The van der Waals surface area contributed by atoms with Crippen LogP contribution >= 0.6 is 11.6 Å². The topological polar surface area (TPSA) is 27.0 Å². The number of benzene rings is 3. The minimum Gasteiger partial charge on any atom is -0.363 e. The zero-order chi connectivity index (χ0) is 20.7. The Labute approximate surface area is 177 Å². The van der Waals surface area contributed by atoms with E-state index in [-0.39, 0.29) is 6.04 Å². The van der Waals surface area contributed by atoms with Gasteiger partial charge in [0, 0.05) is 23.3 Å². The molecular weight excluding hydrogens is 376 g/mol. The Morgan fingerprint density at radius 2 is 1.55 bits per heavy atom. The Morgan fingerprint density at radius 3 is 2.17 bits per heavy atom. The van der Waals surface area contributed by atoms with Gasteiger partial charge in [0.25, 0.3) is 0 Å². The summed E-state index contributed by atoms with van der Waals surface area (Å²) < 4.78 is 0. The number of aryl methyl sites for hydroxylation is 3. The van der Waals surface area contributed by atoms with Gasteiger partial charge in [-0.1, -0.05) is 65.7 Å². The van der Waals surface area contributed by atoms with Gasteiger partial charge in [-0.15, -0.1) is 0 Å². The van der Waals surface area contributed by atoms with Crippen LogP contribution in [0, 0.1) is 32.1 Å². The lowest BCUT2D eigenvalue weighted by molar-refractivity contribution is 0.830. The quantitative estimate of drug-likeness (QED) is 0.480. The maximum absolute atomic E-state index is 10.1. The van der Waals surface area contributed by atoms with Crippen LogP contribution in [-0.2, 0) is 0 Å². The van der Waals surface area contributed by atoms with Crippen LogP contribution in [0.15, 0.2) is 60.7 Å². The fourth-order valence-corrected chi connectivity index (χ4v) is 4.84. The molecular formula is C26H23ClN2. The summed E-state index contributed by atoms with van der Waals surface area (Å²) in [5.74, 6) is 0. The van der Waals surface area contributed by atoms with E-state index in [9.17, 15) is 5.26 Å². The van der Waals surface area contributed by atoms with Crippen molar-refractivity contribution in [1.82, 2.24) is 0 Å². The number of likely N-dealkylation sites (N-methyl/N-ethyl adjacent to an activating group) is 1. The summed E-state index contributed by atoms with van der Waals surface area (Å²) in [4.78, 5) is 2.32. The number of nitrogens with zero attached hydrogens (tertiary/aromatic N) is 2. The van der Waals surface area contributed by atoms with Crippen molar-refractivity contribution in [3.05, 3.63) is 99.1 Å². The molecule has 29 heavy (non-hydrogen) atoms. The molecule has 3 aromatic rings. The van der Waals surface area contributed by atoms with E-state index in [1.54, 1.807) is 0 Å². The SMILES string of the molecule is Cc1cc(C)c(N(C)C2C(c3ccc(Cl)cc3)=C(C#N)c3ccccc32)c(C)c1. The average Bonchev–Trinajstić information content (AvgIpc) is 3.02. The predicted octanol–water partition coefficient (Wildman–Crippen LogP) is 6.89. The van der Waals surface area contributed by atoms with Crippen molar-refractivity contribution in [3.8, 4) is 6.07 Å². The second kappa shape index (κ2) is 7.43. The van der Waals surface area contributed by atoms with E-state index in [0.29, 0.717) is 5.02 Å². The van der Waals surface area contributed by atoms with Gasteiger partial charge in [-0.2, -0.15) is 5.26 Å². The molecule has 0 fully saturated rings. The van der Waals surface area contributed by atoms with Crippen LogP contribution in [-0.4, -0.2) is 7.05 Å². The third-order valence-electron chi connectivity index (χ3n) is 5.71. The first kappa shape index (κ1) is 19.3. The molecule has 1 unspecified atom stereocenters. The summed E-state index contributed by atoms with van der Waals surface area (Å²) in [5, 5.41) is 10.8. The average molecular weight is 399 g/mol. The monoisotopic (exact) mass is 398 g/mol. The van der Waals surface area contributed by atoms with E-state index in [2.05, 4.69) is 57.0 Å². The lowest BCUT2D eigenvalue weighted by Crippen LogP contribution is -2.25. The van der Waals surface area contributed by atoms with Gasteiger partial charge >= 0.3 is 0 Å². The predicted molar refractivity (Wildman–Crippen MR) is 122 cm³/mol. The largest absolute Gasteiger partial charge is 0.363 e. The summed E-state index contributed by atoms with van der Waals surface area (Å²) in [6.07, 6.45) is 0. The van der Waals surface area contributed by atoms with Crippen LogP contribution in [0.2, 0.25) is 5.02 Å². The van der Waals surface area contributed by atoms with E-state index in [1.807, 2.05) is 42.5 Å². The highest BCUT2D eigenvalue weighted by molar-refractivity contribution is 6.30. The first-order chi connectivity index (χ1) is 13.9. The molecule has 1 atom stereocenters. The zero-order valence-corrected chi connectivity index (χ0v) is 17.9. The second-order valence-corrected chi connectivity index (χ2v) is 8.19. The number of allylic oxidation sites excluding steroid dienone is 1. The molecule has 0 bridgehead atoms. The molecule has 0 aliphatic heterocycles. The number of anilines is 1. The van der Waals surface area contributed by atoms with E-state index in [4.69, 9.17) is 11.6 Å². The maximum Gasteiger partial charge on any atom is 0.100 e. The highest BCUT2D eigenvalue weighted by Gasteiger charge is 2.35. The molecule has 0 saturated heterocycles. The van der Waals surface area contributed by atoms with Crippen molar-refractivity contribution in [1.29, 1.82) is 5.26 Å². The molecule has 0 radical (unpaired) electrons. The molecule has 0 spiro atoms. The summed E-state index contributed by atoms with van der Waals surface area (Å²) in [6.45, 7) is 6.44. The Bertz CT molecular complexity index is 1140. The lowest BCUT2D eigenvalue weighted by atomic mass is 9.94. The number of hydrogen-bond donors (Lipinski definition) is 0. The summed E-state index contributed by atoms with van der Waals surface area (Å²) in [5.41, 5.74) is 9.92. The molecule has 0 N–H and O–H groups in total. The third kappa shape index (κ3) is 3.22. The number of nitriles is 1. The van der Waals surface area contributed by atoms with Crippen molar-refractivity contribution < 1.29 is 0 Å². The maximum atomic E-state index is 10.1. The van der Waals surface area contributed by atoms with Crippen molar-refractivity contribution in [2.45, 2.75) is 26.8 Å². The number of hydrogen-bond acceptors (Lipinski definition) is 2. The first-order valence-electron chi connectivity index (χ1n) is 9.72. The summed E-state index contributed by atoms with van der Waals surface area (Å²) >= 11 is 6.14. The standard InChI is InChI=1S/C26H23ClN2/c1-16-13-17(2)25(18(3)14-16)29(4)26-22-8-6-5-7-21(22)23(15-28)24(26)19-9-11-20(27)12-10-19/h5-14,26H,1-4H3. The number of rotatable bonds is 3. The molecule has 144 valence electrons. The highest BCUT2D eigenvalue weighted by atomic mass is 35.5. The Hall–Kier alpha value is -3.02. The van der Waals surface area contributed by atoms with Gasteiger partial charge in [-0.05, 0) is 60.7 Å². The normalized spacial score (nSPS) is 15.2. The van der Waals surface area contributed by atoms with E-state index in [1.165, 1.54) is 22.4 Å². The molecule has 1 aliphatic rings. The van der Waals surface area contributed by atoms with Crippen molar-refractivity contribution in [2.75, 3.05) is 11.9 Å². The lowest BCUT2D eigenvalue weighted by Gasteiger charge is -2.33. The number of fused-ring (bicyclic) bond motifs is 1. The van der Waals surface area contributed by atoms with Gasteiger partial charge in [-0.3, -0.25) is 0 Å². The van der Waals surface area contributed by atoms with Crippen LogP contribution in [0.3, 0.4) is 0 Å². The van der Waals surface area contributed by atoms with Gasteiger partial charge in [0.05, 0.1) is 11.6 Å². The zero-order valence-electron chi connectivity index (χ0n) is 17.1. The smallest absolute Gasteiger partial charge is 0.100 e. The van der Waals surface area contributed by atoms with Crippen molar-refractivity contribution in [3.63, 3.8) is 0 Å². The Morgan fingerprint density at radius 1 is 0.931 bits per heavy atom. The van der Waals surface area contributed by atoms with E-state index < -0.39 is 0 Å². The van der Waals surface area contributed by atoms with Crippen LogP contribution in [0.25, 0.3) is 11.1 Å². The van der Waals surface area contributed by atoms with Crippen molar-refractivity contribution >= 4 is 28.4 Å². The van der Waals surface area contributed by atoms with E-state index >= 15 is 0 Å². The Kier molecular flexibility index (Phi) is 4.94. The van der Waals surface area contributed by atoms with Gasteiger partial charge in [-0.25, -0.2) is 0 Å². The van der Waals surface area contributed by atoms with Gasteiger partial charge < -0.3 is 4.90 Å². The second-order valence-electron chi connectivity index (χ2n) is 7.76. The third-order valence-corrected chi connectivity index (χ3v) is 5.96. The molecule has 3 aromatic carbocycles. The highest BCUT2D eigenvalue weighted by Crippen LogP contribution is 2.50. The van der Waals surface area contributed by atoms with Gasteiger partial charge in [0.1, 0.15) is 6.07 Å². The van der Waals surface area contributed by atoms with Crippen LogP contribution < -0.4 is 4.90 Å². The molecule has 0 heterocycles. The first-order valence-corrected chi connectivity index (χ1v) is 10.1. The molecule has 0 amide bonds. The molecule has 0 aromatic heterocycles. The summed E-state index contributed by atoms with van der Waals surface area (Å²) in [7, 11) is 2.13. The minimum absolute atomic E-state index is 0.0397. The van der Waals surface area contributed by atoms with Crippen molar-refractivity contribution in [2.24, 2.45) is 0 Å². The molecule has 2 nitrogen and oxygen atoms in total. The molecule has 4 rings (SSSR count). The van der Waals surface area contributed by atoms with Gasteiger partial charge in [0.2, 0.25) is 0 Å². The van der Waals surface area contributed by atoms with Crippen LogP contribution in [0.1, 0.15) is 39.4 Å². The van der Waals surface area contributed by atoms with Crippen LogP contribution in [0.4, 0.5) is 5.69 Å². The Balaban J connectivity index is 1.96. The molecule has 1 aliphatic carbocycles. The molecule has 0 saturated carbocycles. The fraction of sp³-hybridized carbons (Fsp3) is 0.192. The molecule has 3 heteroatoms. The minimum atomic E-state index is -0.0397. The van der Waals surface area contributed by atoms with Gasteiger partial charge in [0.15, 0.2) is 0 Å².